The molecule has 0 unspecified atom stereocenters. The summed E-state index contributed by atoms with van der Waals surface area (Å²) in [5.74, 6) is 0. The molecule has 0 amide bonds. The molecule has 3 aromatic rings. The van der Waals surface area contributed by atoms with Crippen molar-refractivity contribution in [3.8, 4) is 0 Å². The van der Waals surface area contributed by atoms with Crippen LogP contribution in [-0.4, -0.2) is 23.3 Å². The van der Waals surface area contributed by atoms with Gasteiger partial charge >= 0.3 is 0 Å². The van der Waals surface area contributed by atoms with Crippen molar-refractivity contribution in [2.75, 3.05) is 11.9 Å². The lowest BCUT2D eigenvalue weighted by Crippen LogP contribution is -2.16. The number of aldehydes is 1. The zero-order valence-electron chi connectivity index (χ0n) is 14.2. The van der Waals surface area contributed by atoms with E-state index in [0.717, 1.165) is 34.0 Å². The van der Waals surface area contributed by atoms with Crippen molar-refractivity contribution in [1.82, 2.24) is 9.97 Å². The van der Waals surface area contributed by atoms with Gasteiger partial charge < -0.3 is 4.90 Å². The van der Waals surface area contributed by atoms with E-state index in [0.29, 0.717) is 5.56 Å². The number of carbonyl (C=O) groups is 1. The van der Waals surface area contributed by atoms with Gasteiger partial charge in [0.1, 0.15) is 0 Å². The monoisotopic (exact) mass is 349 g/mol. The summed E-state index contributed by atoms with van der Waals surface area (Å²) in [7, 11) is 2.07. The van der Waals surface area contributed by atoms with E-state index in [4.69, 9.17) is 0 Å². The Hall–Kier alpha value is -2.66. The van der Waals surface area contributed by atoms with Crippen LogP contribution >= 0.6 is 11.8 Å². The number of anilines is 1. The first kappa shape index (κ1) is 17.2. The first-order chi connectivity index (χ1) is 12.2. The first-order valence-corrected chi connectivity index (χ1v) is 8.77. The van der Waals surface area contributed by atoms with Gasteiger partial charge in [0, 0.05) is 58.9 Å². The fourth-order valence-corrected chi connectivity index (χ4v) is 3.41. The zero-order valence-corrected chi connectivity index (χ0v) is 15.0. The number of hydrogen-bond donors (Lipinski definition) is 0. The molecule has 0 aliphatic carbocycles. The van der Waals surface area contributed by atoms with E-state index in [1.165, 1.54) is 5.56 Å². The standard InChI is InChI=1S/C20H19N3OS/c1-15-11-16(7-10-22-15)13-23(2)18-3-5-19(6-4-18)25-20-8-9-21-12-17(20)14-24/h3-12,14H,13H2,1-2H3. The average molecular weight is 349 g/mol. The van der Waals surface area contributed by atoms with Crippen molar-refractivity contribution in [3.05, 3.63) is 77.9 Å². The molecule has 0 atom stereocenters. The molecule has 126 valence electrons. The number of aryl methyl sites for hydroxylation is 1. The molecule has 1 aromatic carbocycles. The fraction of sp³-hybridized carbons (Fsp3) is 0.150. The number of carbonyl (C=O) groups excluding carboxylic acids is 1. The third-order valence-electron chi connectivity index (χ3n) is 3.82. The predicted octanol–water partition coefficient (Wildman–Crippen LogP) is 4.39. The van der Waals surface area contributed by atoms with Crippen LogP contribution in [0.3, 0.4) is 0 Å². The molecule has 0 spiro atoms. The molecule has 4 nitrogen and oxygen atoms in total. The topological polar surface area (TPSA) is 46.1 Å². The largest absolute Gasteiger partial charge is 0.370 e. The number of aromatic nitrogens is 2. The second-order valence-electron chi connectivity index (χ2n) is 5.79. The van der Waals surface area contributed by atoms with E-state index in [1.807, 2.05) is 25.3 Å². The average Bonchev–Trinajstić information content (AvgIpc) is 2.63. The second kappa shape index (κ2) is 7.94. The molecule has 5 heteroatoms. The van der Waals surface area contributed by atoms with Gasteiger partial charge in [0.05, 0.1) is 0 Å². The van der Waals surface area contributed by atoms with Gasteiger partial charge in [-0.3, -0.25) is 14.8 Å². The fourth-order valence-electron chi connectivity index (χ4n) is 2.54. The van der Waals surface area contributed by atoms with Crippen molar-refractivity contribution in [1.29, 1.82) is 0 Å². The Morgan fingerprint density at radius 1 is 1.12 bits per heavy atom. The maximum absolute atomic E-state index is 11.1. The third-order valence-corrected chi connectivity index (χ3v) is 4.92. The molecule has 2 heterocycles. The molecule has 0 aliphatic heterocycles. The minimum absolute atomic E-state index is 0.613. The van der Waals surface area contributed by atoms with Gasteiger partial charge in [0.2, 0.25) is 0 Å². The van der Waals surface area contributed by atoms with E-state index in [9.17, 15) is 4.79 Å². The number of hydrogen-bond acceptors (Lipinski definition) is 5. The van der Waals surface area contributed by atoms with Crippen LogP contribution in [0.1, 0.15) is 21.6 Å². The molecule has 0 saturated carbocycles. The molecule has 0 aliphatic rings. The molecule has 3 rings (SSSR count). The van der Waals surface area contributed by atoms with Crippen molar-refractivity contribution < 1.29 is 4.79 Å². The molecule has 0 fully saturated rings. The van der Waals surface area contributed by atoms with Crippen molar-refractivity contribution in [2.24, 2.45) is 0 Å². The number of benzene rings is 1. The highest BCUT2D eigenvalue weighted by Crippen LogP contribution is 2.30. The molecule has 25 heavy (non-hydrogen) atoms. The van der Waals surface area contributed by atoms with Crippen LogP contribution in [0, 0.1) is 6.92 Å². The maximum atomic E-state index is 11.1. The highest BCUT2D eigenvalue weighted by atomic mass is 32.2. The van der Waals surface area contributed by atoms with Crippen LogP contribution in [0.2, 0.25) is 0 Å². The molecule has 0 saturated heterocycles. The quantitative estimate of drug-likeness (QED) is 0.618. The first-order valence-electron chi connectivity index (χ1n) is 7.95. The Kier molecular flexibility index (Phi) is 5.46. The Morgan fingerprint density at radius 3 is 2.64 bits per heavy atom. The summed E-state index contributed by atoms with van der Waals surface area (Å²) in [5.41, 5.74) is 4.02. The highest BCUT2D eigenvalue weighted by Gasteiger charge is 2.06. The van der Waals surface area contributed by atoms with Crippen molar-refractivity contribution in [3.63, 3.8) is 0 Å². The Bertz CT molecular complexity index is 865. The lowest BCUT2D eigenvalue weighted by Gasteiger charge is -2.20. The van der Waals surface area contributed by atoms with E-state index in [-0.39, 0.29) is 0 Å². The van der Waals surface area contributed by atoms with E-state index < -0.39 is 0 Å². The minimum Gasteiger partial charge on any atom is -0.370 e. The summed E-state index contributed by atoms with van der Waals surface area (Å²) in [5, 5.41) is 0. The van der Waals surface area contributed by atoms with E-state index in [2.05, 4.69) is 52.2 Å². The van der Waals surface area contributed by atoms with E-state index in [1.54, 1.807) is 24.2 Å². The molecular weight excluding hydrogens is 330 g/mol. The lowest BCUT2D eigenvalue weighted by molar-refractivity contribution is 0.112. The van der Waals surface area contributed by atoms with Gasteiger partial charge in [0.25, 0.3) is 0 Å². The van der Waals surface area contributed by atoms with Crippen LogP contribution in [0.4, 0.5) is 5.69 Å². The van der Waals surface area contributed by atoms with E-state index >= 15 is 0 Å². The van der Waals surface area contributed by atoms with Gasteiger partial charge in [-0.05, 0) is 55.0 Å². The Labute approximate surface area is 151 Å². The van der Waals surface area contributed by atoms with Crippen LogP contribution in [0.5, 0.6) is 0 Å². The number of nitrogens with zero attached hydrogens (tertiary/aromatic N) is 3. The normalized spacial score (nSPS) is 10.5. The summed E-state index contributed by atoms with van der Waals surface area (Å²) < 4.78 is 0. The highest BCUT2D eigenvalue weighted by molar-refractivity contribution is 7.99. The van der Waals surface area contributed by atoms with Crippen molar-refractivity contribution >= 4 is 23.7 Å². The molecule has 0 bridgehead atoms. The van der Waals surface area contributed by atoms with Crippen LogP contribution in [0.25, 0.3) is 0 Å². The van der Waals surface area contributed by atoms with Crippen molar-refractivity contribution in [2.45, 2.75) is 23.3 Å². The molecule has 0 radical (unpaired) electrons. The molecule has 0 N–H and O–H groups in total. The second-order valence-corrected chi connectivity index (χ2v) is 6.90. The maximum Gasteiger partial charge on any atom is 0.152 e. The minimum atomic E-state index is 0.613. The zero-order chi connectivity index (χ0) is 17.6. The third kappa shape index (κ3) is 4.45. The van der Waals surface area contributed by atoms with Gasteiger partial charge in [-0.25, -0.2) is 0 Å². The SMILES string of the molecule is Cc1cc(CN(C)c2ccc(Sc3ccncc3C=O)cc2)ccn1. The number of pyridine rings is 2. The predicted molar refractivity (Wildman–Crippen MR) is 101 cm³/mol. The van der Waals surface area contributed by atoms with Crippen LogP contribution < -0.4 is 4.90 Å². The molecule has 2 aromatic heterocycles. The summed E-state index contributed by atoms with van der Waals surface area (Å²) in [6, 6.07) is 14.3. The summed E-state index contributed by atoms with van der Waals surface area (Å²) in [6.45, 7) is 2.83. The Balaban J connectivity index is 1.70. The van der Waals surface area contributed by atoms with Gasteiger partial charge in [0.15, 0.2) is 6.29 Å². The number of rotatable bonds is 6. The van der Waals surface area contributed by atoms with Crippen LogP contribution in [-0.2, 0) is 6.54 Å². The smallest absolute Gasteiger partial charge is 0.152 e. The summed E-state index contributed by atoms with van der Waals surface area (Å²) in [6.07, 6.45) is 5.98. The van der Waals surface area contributed by atoms with Crippen LogP contribution in [0.15, 0.2) is 70.8 Å². The summed E-state index contributed by atoms with van der Waals surface area (Å²) in [4.78, 5) is 23.5. The Morgan fingerprint density at radius 2 is 1.92 bits per heavy atom. The van der Waals surface area contributed by atoms with Gasteiger partial charge in [-0.15, -0.1) is 0 Å². The molecular formula is C20H19N3OS. The lowest BCUT2D eigenvalue weighted by atomic mass is 10.2. The summed E-state index contributed by atoms with van der Waals surface area (Å²) >= 11 is 1.57. The van der Waals surface area contributed by atoms with Gasteiger partial charge in [-0.1, -0.05) is 11.8 Å². The van der Waals surface area contributed by atoms with Gasteiger partial charge in [-0.2, -0.15) is 0 Å².